The van der Waals surface area contributed by atoms with E-state index in [1.807, 2.05) is 0 Å². The van der Waals surface area contributed by atoms with Crippen LogP contribution in [0.2, 0.25) is 0 Å². The zero-order chi connectivity index (χ0) is 11.4. The largest absolute Gasteiger partial charge is 0.467 e. The SMILES string of the molecule is COC(=O)C(OS(C)(=O)=O)[PH](=O)OC. The zero-order valence-electron chi connectivity index (χ0n) is 7.84. The zero-order valence-corrected chi connectivity index (χ0v) is 9.66. The molecule has 7 nitrogen and oxygen atoms in total. The Morgan fingerprint density at radius 1 is 1.36 bits per heavy atom. The molecule has 0 amide bonds. The minimum absolute atomic E-state index is 0.730. The van der Waals surface area contributed by atoms with Gasteiger partial charge in [0, 0.05) is 7.11 Å². The number of rotatable bonds is 5. The molecular formula is C5H11O7PS. The van der Waals surface area contributed by atoms with Crippen LogP contribution in [0.3, 0.4) is 0 Å². The molecule has 0 fully saturated rings. The summed E-state index contributed by atoms with van der Waals surface area (Å²) in [5, 5.41) is 0. The highest BCUT2D eigenvalue weighted by molar-refractivity contribution is 7.86. The van der Waals surface area contributed by atoms with Crippen LogP contribution in [0, 0.1) is 0 Å². The molecule has 0 aromatic carbocycles. The maximum Gasteiger partial charge on any atom is 0.346 e. The smallest absolute Gasteiger partial charge is 0.346 e. The Kier molecular flexibility index (Phi) is 5.28. The van der Waals surface area contributed by atoms with Crippen molar-refractivity contribution in [3.8, 4) is 0 Å². The number of carbonyl (C=O) groups excluding carboxylic acids is 1. The van der Waals surface area contributed by atoms with Gasteiger partial charge in [0.15, 0.2) is 0 Å². The van der Waals surface area contributed by atoms with E-state index in [1.165, 1.54) is 0 Å². The second kappa shape index (κ2) is 5.45. The first-order chi connectivity index (χ1) is 6.31. The van der Waals surface area contributed by atoms with Gasteiger partial charge in [0.25, 0.3) is 10.1 Å². The lowest BCUT2D eigenvalue weighted by molar-refractivity contribution is -0.145. The molecule has 0 heterocycles. The second-order valence-corrected chi connectivity index (χ2v) is 5.40. The first kappa shape index (κ1) is 13.6. The highest BCUT2D eigenvalue weighted by Crippen LogP contribution is 2.30. The van der Waals surface area contributed by atoms with Crippen molar-refractivity contribution in [2.45, 2.75) is 5.85 Å². The Balaban J connectivity index is 4.74. The maximum absolute atomic E-state index is 11.1. The molecule has 2 unspecified atom stereocenters. The van der Waals surface area contributed by atoms with Crippen molar-refractivity contribution in [1.82, 2.24) is 0 Å². The molecular weight excluding hydrogens is 235 g/mol. The van der Waals surface area contributed by atoms with Crippen molar-refractivity contribution >= 4 is 24.1 Å². The molecule has 2 atom stereocenters. The van der Waals surface area contributed by atoms with E-state index in [4.69, 9.17) is 0 Å². The van der Waals surface area contributed by atoms with Crippen molar-refractivity contribution in [3.05, 3.63) is 0 Å². The van der Waals surface area contributed by atoms with Crippen LogP contribution in [-0.4, -0.2) is 40.7 Å². The van der Waals surface area contributed by atoms with Gasteiger partial charge in [-0.2, -0.15) is 8.42 Å². The molecule has 14 heavy (non-hydrogen) atoms. The molecule has 0 aromatic rings. The molecule has 0 aliphatic rings. The van der Waals surface area contributed by atoms with Crippen LogP contribution in [0.15, 0.2) is 0 Å². The third kappa shape index (κ3) is 4.71. The summed E-state index contributed by atoms with van der Waals surface area (Å²) >= 11 is 0. The predicted octanol–water partition coefficient (Wildman–Crippen LogP) is -0.417. The molecule has 84 valence electrons. The van der Waals surface area contributed by atoms with Crippen LogP contribution in [0.4, 0.5) is 0 Å². The molecule has 0 aliphatic heterocycles. The lowest BCUT2D eigenvalue weighted by Gasteiger charge is -2.11. The van der Waals surface area contributed by atoms with E-state index in [1.54, 1.807) is 0 Å². The molecule has 0 aliphatic carbocycles. The van der Waals surface area contributed by atoms with E-state index in [2.05, 4.69) is 13.4 Å². The second-order valence-electron chi connectivity index (χ2n) is 2.23. The Morgan fingerprint density at radius 3 is 2.14 bits per heavy atom. The first-order valence-electron chi connectivity index (χ1n) is 3.35. The summed E-state index contributed by atoms with van der Waals surface area (Å²) in [4.78, 5) is 10.9. The number of esters is 1. The number of ether oxygens (including phenoxy) is 1. The van der Waals surface area contributed by atoms with Crippen LogP contribution >= 0.6 is 8.03 Å². The normalized spacial score (nSPS) is 15.9. The van der Waals surface area contributed by atoms with Crippen molar-refractivity contribution in [1.29, 1.82) is 0 Å². The fourth-order valence-corrected chi connectivity index (χ4v) is 2.35. The van der Waals surface area contributed by atoms with Crippen LogP contribution in [0.5, 0.6) is 0 Å². The van der Waals surface area contributed by atoms with E-state index in [0.29, 0.717) is 0 Å². The van der Waals surface area contributed by atoms with Gasteiger partial charge in [-0.25, -0.2) is 8.98 Å². The van der Waals surface area contributed by atoms with E-state index >= 15 is 0 Å². The van der Waals surface area contributed by atoms with Crippen LogP contribution in [0.1, 0.15) is 0 Å². The third-order valence-electron chi connectivity index (χ3n) is 1.10. The van der Waals surface area contributed by atoms with E-state index in [-0.39, 0.29) is 0 Å². The highest BCUT2D eigenvalue weighted by Gasteiger charge is 2.30. The lowest BCUT2D eigenvalue weighted by Crippen LogP contribution is -2.25. The van der Waals surface area contributed by atoms with Crippen molar-refractivity contribution in [3.63, 3.8) is 0 Å². The van der Waals surface area contributed by atoms with Gasteiger partial charge in [0.1, 0.15) is 0 Å². The van der Waals surface area contributed by atoms with Gasteiger partial charge in [0.05, 0.1) is 13.4 Å². The summed E-state index contributed by atoms with van der Waals surface area (Å²) in [7, 11) is -4.73. The molecule has 0 saturated carbocycles. The minimum Gasteiger partial charge on any atom is -0.467 e. The Morgan fingerprint density at radius 2 is 1.86 bits per heavy atom. The lowest BCUT2D eigenvalue weighted by atomic mass is 10.7. The molecule has 0 radical (unpaired) electrons. The average molecular weight is 246 g/mol. The fraction of sp³-hybridized carbons (Fsp3) is 0.800. The summed E-state index contributed by atoms with van der Waals surface area (Å²) < 4.78 is 45.2. The minimum atomic E-state index is -3.89. The molecule has 0 bridgehead atoms. The highest BCUT2D eigenvalue weighted by atomic mass is 32.2. The standard InChI is InChI=1S/C5H11O7PS/c1-10-4(6)5(13(7)11-2)12-14(3,8)9/h5,13H,1-3H3. The Hall–Kier alpha value is -0.430. The van der Waals surface area contributed by atoms with Gasteiger partial charge < -0.3 is 9.26 Å². The van der Waals surface area contributed by atoms with E-state index < -0.39 is 30.0 Å². The number of methoxy groups -OCH3 is 1. The summed E-state index contributed by atoms with van der Waals surface area (Å²) in [5.41, 5.74) is 0. The molecule has 0 saturated heterocycles. The van der Waals surface area contributed by atoms with Gasteiger partial charge in [-0.15, -0.1) is 0 Å². The van der Waals surface area contributed by atoms with Crippen LogP contribution in [-0.2, 0) is 32.9 Å². The summed E-state index contributed by atoms with van der Waals surface area (Å²) in [6, 6.07) is 0. The fourth-order valence-electron chi connectivity index (χ4n) is 0.564. The molecule has 0 N–H and O–H groups in total. The molecule has 0 aromatic heterocycles. The monoisotopic (exact) mass is 246 g/mol. The number of hydrogen-bond acceptors (Lipinski definition) is 7. The maximum atomic E-state index is 11.1. The molecule has 9 heteroatoms. The molecule has 0 spiro atoms. The summed E-state index contributed by atoms with van der Waals surface area (Å²) in [6.07, 6.45) is 0.730. The Labute approximate surface area is 82.3 Å². The van der Waals surface area contributed by atoms with Crippen LogP contribution < -0.4 is 0 Å². The third-order valence-corrected chi connectivity index (χ3v) is 3.00. The summed E-state index contributed by atoms with van der Waals surface area (Å²) in [6.45, 7) is 0. The number of hydrogen-bond donors (Lipinski definition) is 0. The van der Waals surface area contributed by atoms with Gasteiger partial charge in [-0.05, 0) is 0 Å². The van der Waals surface area contributed by atoms with Crippen molar-refractivity contribution < 1.29 is 31.2 Å². The molecule has 0 rings (SSSR count). The summed E-state index contributed by atoms with van der Waals surface area (Å²) in [5.74, 6) is -2.77. The van der Waals surface area contributed by atoms with Crippen LogP contribution in [0.25, 0.3) is 0 Å². The van der Waals surface area contributed by atoms with Gasteiger partial charge in [0.2, 0.25) is 13.9 Å². The Bertz CT molecular complexity index is 305. The van der Waals surface area contributed by atoms with Gasteiger partial charge in [-0.3, -0.25) is 4.57 Å². The van der Waals surface area contributed by atoms with E-state index in [0.717, 1.165) is 20.5 Å². The van der Waals surface area contributed by atoms with Gasteiger partial charge >= 0.3 is 5.97 Å². The predicted molar refractivity (Wildman–Crippen MR) is 47.7 cm³/mol. The quantitative estimate of drug-likeness (QED) is 0.369. The average Bonchev–Trinajstić information content (AvgIpc) is 2.10. The first-order valence-corrected chi connectivity index (χ1v) is 6.56. The van der Waals surface area contributed by atoms with Crippen molar-refractivity contribution in [2.24, 2.45) is 0 Å². The van der Waals surface area contributed by atoms with Gasteiger partial charge in [-0.1, -0.05) is 0 Å². The van der Waals surface area contributed by atoms with Crippen molar-refractivity contribution in [2.75, 3.05) is 20.5 Å². The topological polar surface area (TPSA) is 96.0 Å². The van der Waals surface area contributed by atoms with E-state index in [9.17, 15) is 17.8 Å². The number of carbonyl (C=O) groups is 1.